The average molecular weight is 395 g/mol. The summed E-state index contributed by atoms with van der Waals surface area (Å²) in [5.41, 5.74) is 0.586. The van der Waals surface area contributed by atoms with Gasteiger partial charge in [0.1, 0.15) is 11.9 Å². The third-order valence-corrected chi connectivity index (χ3v) is 5.19. The predicted molar refractivity (Wildman–Crippen MR) is 97.2 cm³/mol. The van der Waals surface area contributed by atoms with Crippen LogP contribution in [0.4, 0.5) is 0 Å². The Kier molecular flexibility index (Phi) is 5.06. The first-order chi connectivity index (χ1) is 11.1. The molecule has 0 aromatic heterocycles. The summed E-state index contributed by atoms with van der Waals surface area (Å²) < 4.78 is 0.925. The van der Waals surface area contributed by atoms with Crippen LogP contribution in [-0.4, -0.2) is 28.0 Å². The molecule has 0 spiro atoms. The molecular formula is C16H19BrN4OS. The summed E-state index contributed by atoms with van der Waals surface area (Å²) in [5, 5.41) is 11.7. The first-order valence-electron chi connectivity index (χ1n) is 7.83. The molecule has 2 aliphatic heterocycles. The molecule has 2 aliphatic rings. The first kappa shape index (κ1) is 16.5. The van der Waals surface area contributed by atoms with Crippen molar-refractivity contribution in [3.05, 3.63) is 33.2 Å². The van der Waals surface area contributed by atoms with E-state index in [1.807, 2.05) is 18.2 Å². The van der Waals surface area contributed by atoms with Gasteiger partial charge in [-0.1, -0.05) is 48.0 Å². The second-order valence-electron chi connectivity index (χ2n) is 5.43. The summed E-state index contributed by atoms with van der Waals surface area (Å²) in [5.74, 6) is 0.848. The fourth-order valence-electron chi connectivity index (χ4n) is 2.56. The normalized spacial score (nSPS) is 19.5. The summed E-state index contributed by atoms with van der Waals surface area (Å²) in [7, 11) is 0. The zero-order valence-corrected chi connectivity index (χ0v) is 15.6. The molecule has 0 bridgehead atoms. The van der Waals surface area contributed by atoms with E-state index in [0.29, 0.717) is 10.9 Å². The first-order valence-corrected chi connectivity index (χ1v) is 9.61. The molecule has 1 aromatic rings. The van der Waals surface area contributed by atoms with E-state index in [4.69, 9.17) is 4.99 Å². The van der Waals surface area contributed by atoms with Crippen molar-refractivity contribution < 1.29 is 4.79 Å². The van der Waals surface area contributed by atoms with Gasteiger partial charge < -0.3 is 0 Å². The fraction of sp³-hybridized carbons (Fsp3) is 0.438. The van der Waals surface area contributed by atoms with Crippen molar-refractivity contribution in [3.8, 4) is 0 Å². The van der Waals surface area contributed by atoms with Gasteiger partial charge in [0.05, 0.1) is 5.36 Å². The number of amides is 1. The van der Waals surface area contributed by atoms with Crippen LogP contribution >= 0.6 is 27.7 Å². The van der Waals surface area contributed by atoms with Gasteiger partial charge in [-0.2, -0.15) is 0 Å². The summed E-state index contributed by atoms with van der Waals surface area (Å²) in [4.78, 5) is 17.4. The lowest BCUT2D eigenvalue weighted by Crippen LogP contribution is -2.52. The van der Waals surface area contributed by atoms with E-state index >= 15 is 0 Å². The van der Waals surface area contributed by atoms with E-state index in [0.717, 1.165) is 40.1 Å². The van der Waals surface area contributed by atoms with Crippen LogP contribution in [0.25, 0.3) is 5.70 Å². The number of nitrogens with zero attached hydrogens (tertiary/aromatic N) is 3. The maximum Gasteiger partial charge on any atom is 0.276 e. The number of hydrogen-bond acceptors (Lipinski definition) is 5. The Balaban J connectivity index is 2.06. The van der Waals surface area contributed by atoms with Gasteiger partial charge in [0.15, 0.2) is 5.17 Å². The van der Waals surface area contributed by atoms with E-state index in [1.165, 1.54) is 0 Å². The van der Waals surface area contributed by atoms with Crippen LogP contribution in [0.5, 0.6) is 0 Å². The highest BCUT2D eigenvalue weighted by molar-refractivity contribution is 9.10. The highest BCUT2D eigenvalue weighted by atomic mass is 79.9. The van der Waals surface area contributed by atoms with Crippen molar-refractivity contribution in [2.75, 3.05) is 5.75 Å². The molecule has 3 rings (SSSR count). The number of nitrogens with one attached hydrogen (secondary N) is 1. The number of thioether (sulfide) groups is 1. The highest BCUT2D eigenvalue weighted by Crippen LogP contribution is 2.22. The number of hydrogen-bond donors (Lipinski definition) is 1. The molecule has 23 heavy (non-hydrogen) atoms. The quantitative estimate of drug-likeness (QED) is 0.795. The monoisotopic (exact) mass is 394 g/mol. The lowest BCUT2D eigenvalue weighted by molar-refractivity contribution is -0.116. The Morgan fingerprint density at radius 1 is 1.39 bits per heavy atom. The van der Waals surface area contributed by atoms with Crippen molar-refractivity contribution in [3.63, 3.8) is 0 Å². The molecule has 0 radical (unpaired) electrons. The third-order valence-electron chi connectivity index (χ3n) is 3.75. The fourth-order valence-corrected chi connectivity index (χ4v) is 3.86. The van der Waals surface area contributed by atoms with Gasteiger partial charge in [-0.05, 0) is 31.0 Å². The number of rotatable bonds is 4. The van der Waals surface area contributed by atoms with Gasteiger partial charge in [-0.3, -0.25) is 15.1 Å². The molecule has 1 unspecified atom stereocenters. The van der Waals surface area contributed by atoms with Gasteiger partial charge in [-0.25, -0.2) is 5.01 Å². The van der Waals surface area contributed by atoms with Crippen LogP contribution in [0, 0.1) is 0 Å². The number of halogens is 1. The van der Waals surface area contributed by atoms with Crippen molar-refractivity contribution in [2.24, 2.45) is 10.1 Å². The Hall–Kier alpha value is -1.34. The van der Waals surface area contributed by atoms with E-state index in [2.05, 4.69) is 40.2 Å². The van der Waals surface area contributed by atoms with Crippen LogP contribution < -0.4 is 15.9 Å². The number of fused-ring (bicyclic) bond motifs is 2. The number of benzene rings is 1. The van der Waals surface area contributed by atoms with Crippen LogP contribution in [0.1, 0.15) is 33.1 Å². The highest BCUT2D eigenvalue weighted by Gasteiger charge is 2.32. The Morgan fingerprint density at radius 2 is 2.22 bits per heavy atom. The summed E-state index contributed by atoms with van der Waals surface area (Å²) in [6.45, 7) is 4.21. The van der Waals surface area contributed by atoms with Crippen molar-refractivity contribution in [1.82, 2.24) is 10.3 Å². The Bertz CT molecular complexity index is 777. The molecule has 7 heteroatoms. The van der Waals surface area contributed by atoms with E-state index < -0.39 is 0 Å². The third kappa shape index (κ3) is 3.30. The summed E-state index contributed by atoms with van der Waals surface area (Å²) in [6.07, 6.45) is 2.89. The van der Waals surface area contributed by atoms with Crippen LogP contribution in [0.3, 0.4) is 0 Å². The largest absolute Gasteiger partial charge is 0.298 e. The maximum absolute atomic E-state index is 12.7. The predicted octanol–water partition coefficient (Wildman–Crippen LogP) is 2.16. The zero-order valence-electron chi connectivity index (χ0n) is 13.2. The Morgan fingerprint density at radius 3 is 2.96 bits per heavy atom. The maximum atomic E-state index is 12.7. The zero-order chi connectivity index (χ0) is 16.4. The SMILES string of the molecule is CCCCSC1=NN2C(=c3cc(Br)ccc3=NC2CC)C(=O)N1. The average Bonchev–Trinajstić information content (AvgIpc) is 2.54. The van der Waals surface area contributed by atoms with Crippen molar-refractivity contribution >= 4 is 44.5 Å². The lowest BCUT2D eigenvalue weighted by Gasteiger charge is -2.33. The molecule has 0 fully saturated rings. The van der Waals surface area contributed by atoms with E-state index in [-0.39, 0.29) is 12.1 Å². The van der Waals surface area contributed by atoms with Crippen molar-refractivity contribution in [1.29, 1.82) is 0 Å². The minimum Gasteiger partial charge on any atom is -0.298 e. The van der Waals surface area contributed by atoms with Crippen LogP contribution in [-0.2, 0) is 4.79 Å². The molecule has 0 saturated carbocycles. The van der Waals surface area contributed by atoms with Crippen LogP contribution in [0.15, 0.2) is 32.8 Å². The van der Waals surface area contributed by atoms with Gasteiger partial charge in [-0.15, -0.1) is 5.10 Å². The molecule has 1 N–H and O–H groups in total. The van der Waals surface area contributed by atoms with Gasteiger partial charge in [0.2, 0.25) is 0 Å². The molecule has 1 aromatic carbocycles. The molecule has 2 heterocycles. The molecule has 0 saturated heterocycles. The minimum atomic E-state index is -0.133. The van der Waals surface area contributed by atoms with E-state index in [1.54, 1.807) is 16.8 Å². The number of hydrazone groups is 1. The second kappa shape index (κ2) is 7.05. The smallest absolute Gasteiger partial charge is 0.276 e. The molecule has 0 aliphatic carbocycles. The second-order valence-corrected chi connectivity index (χ2v) is 7.43. The number of unbranched alkanes of at least 4 members (excludes halogenated alkanes) is 1. The topological polar surface area (TPSA) is 57.1 Å². The minimum absolute atomic E-state index is 0.105. The van der Waals surface area contributed by atoms with Gasteiger partial charge in [0, 0.05) is 15.4 Å². The number of amidine groups is 1. The molecule has 5 nitrogen and oxygen atoms in total. The Labute approximate surface area is 148 Å². The molecule has 122 valence electrons. The van der Waals surface area contributed by atoms with Gasteiger partial charge in [0.25, 0.3) is 5.91 Å². The van der Waals surface area contributed by atoms with Crippen molar-refractivity contribution in [2.45, 2.75) is 39.3 Å². The standard InChI is InChI=1S/C16H19BrN4OS/c1-3-5-8-23-16-19-15(22)14-11-9-10(17)6-7-12(11)18-13(4-2)21(14)20-16/h6-7,9,13H,3-5,8H2,1-2H3,(H,19,20,22). The van der Waals surface area contributed by atoms with Gasteiger partial charge >= 0.3 is 0 Å². The lowest BCUT2D eigenvalue weighted by atomic mass is 10.1. The molecule has 1 atom stereocenters. The van der Waals surface area contributed by atoms with E-state index in [9.17, 15) is 4.79 Å². The summed E-state index contributed by atoms with van der Waals surface area (Å²) >= 11 is 5.06. The molecule has 1 amide bonds. The summed E-state index contributed by atoms with van der Waals surface area (Å²) in [6, 6.07) is 5.81. The van der Waals surface area contributed by atoms with Crippen LogP contribution in [0.2, 0.25) is 0 Å². The number of carbonyl (C=O) groups is 1. The number of carbonyl (C=O) groups excluding carboxylic acids is 1. The molecular weight excluding hydrogens is 376 g/mol.